The maximum absolute atomic E-state index is 11.5. The maximum Gasteiger partial charge on any atom is 0.296 e. The molecule has 0 fully saturated rings. The van der Waals surface area contributed by atoms with Gasteiger partial charge < -0.3 is 4.52 Å². The second-order valence-corrected chi connectivity index (χ2v) is 7.67. The lowest BCUT2D eigenvalue weighted by Crippen LogP contribution is -2.01. The quantitative estimate of drug-likeness (QED) is 0.503. The summed E-state index contributed by atoms with van der Waals surface area (Å²) in [5, 5.41) is 15.2. The molecule has 3 rings (SSSR count). The first-order valence-corrected chi connectivity index (χ1v) is 9.32. The zero-order chi connectivity index (χ0) is 19.1. The van der Waals surface area contributed by atoms with E-state index in [9.17, 15) is 18.5 Å². The van der Waals surface area contributed by atoms with Crippen molar-refractivity contribution in [3.8, 4) is 22.4 Å². The molecule has 0 N–H and O–H groups in total. The van der Waals surface area contributed by atoms with E-state index in [0.29, 0.717) is 28.1 Å². The molecule has 3 aromatic rings. The summed E-state index contributed by atoms with van der Waals surface area (Å²) in [4.78, 5) is 19.0. The number of hydrogen-bond donors (Lipinski definition) is 0. The van der Waals surface area contributed by atoms with E-state index in [1.165, 1.54) is 30.6 Å². The number of aromatic nitrogens is 3. The average Bonchev–Trinajstić information content (AvgIpc) is 2.92. The van der Waals surface area contributed by atoms with Crippen LogP contribution < -0.4 is 0 Å². The lowest BCUT2D eigenvalue weighted by molar-refractivity contribution is -0.384. The molecule has 0 saturated heterocycles. The van der Waals surface area contributed by atoms with Crippen molar-refractivity contribution >= 4 is 15.5 Å². The number of rotatable bonds is 4. The first-order chi connectivity index (χ1) is 12.2. The fourth-order valence-electron chi connectivity index (χ4n) is 2.59. The Bertz CT molecular complexity index is 1080. The van der Waals surface area contributed by atoms with Gasteiger partial charge >= 0.3 is 0 Å². The molecular formula is C16H14N4O5S. The van der Waals surface area contributed by atoms with E-state index >= 15 is 0 Å². The SMILES string of the molecule is Cc1noc(C)c1-c1cnc(-c2ccc(S(C)(=O)=O)nc2)c([N+](=O)[O-])c1. The molecule has 0 atom stereocenters. The molecule has 0 radical (unpaired) electrons. The molecule has 0 spiro atoms. The molecule has 3 heterocycles. The Morgan fingerprint density at radius 2 is 1.81 bits per heavy atom. The minimum atomic E-state index is -3.46. The molecule has 134 valence electrons. The Morgan fingerprint density at radius 3 is 2.31 bits per heavy atom. The van der Waals surface area contributed by atoms with Crippen LogP contribution in [0.15, 0.2) is 40.1 Å². The predicted octanol–water partition coefficient (Wildman–Crippen LogP) is 2.73. The second-order valence-electron chi connectivity index (χ2n) is 5.71. The van der Waals surface area contributed by atoms with Gasteiger partial charge in [-0.25, -0.2) is 18.4 Å². The van der Waals surface area contributed by atoms with E-state index in [1.807, 2.05) is 0 Å². The third-order valence-electron chi connectivity index (χ3n) is 3.78. The Kier molecular flexibility index (Phi) is 4.28. The van der Waals surface area contributed by atoms with Crippen molar-refractivity contribution in [1.29, 1.82) is 0 Å². The smallest absolute Gasteiger partial charge is 0.296 e. The highest BCUT2D eigenvalue weighted by Crippen LogP contribution is 2.34. The fourth-order valence-corrected chi connectivity index (χ4v) is 3.15. The zero-order valence-electron chi connectivity index (χ0n) is 14.1. The van der Waals surface area contributed by atoms with E-state index in [2.05, 4.69) is 15.1 Å². The number of sulfone groups is 1. The number of aryl methyl sites for hydroxylation is 2. The summed E-state index contributed by atoms with van der Waals surface area (Å²) in [5.41, 5.74) is 1.98. The summed E-state index contributed by atoms with van der Waals surface area (Å²) < 4.78 is 28.1. The molecule has 0 aliphatic rings. The van der Waals surface area contributed by atoms with Crippen LogP contribution in [-0.4, -0.2) is 34.7 Å². The van der Waals surface area contributed by atoms with Crippen LogP contribution in [0.1, 0.15) is 11.5 Å². The lowest BCUT2D eigenvalue weighted by Gasteiger charge is -2.06. The first kappa shape index (κ1) is 17.7. The van der Waals surface area contributed by atoms with Gasteiger partial charge in [0.1, 0.15) is 11.5 Å². The average molecular weight is 374 g/mol. The lowest BCUT2D eigenvalue weighted by atomic mass is 10.0. The Hall–Kier alpha value is -3.14. The number of pyridine rings is 2. The third-order valence-corrected chi connectivity index (χ3v) is 4.78. The minimum Gasteiger partial charge on any atom is -0.361 e. The van der Waals surface area contributed by atoms with E-state index in [1.54, 1.807) is 13.8 Å². The molecule has 3 aromatic heterocycles. The molecule has 9 nitrogen and oxygen atoms in total. The van der Waals surface area contributed by atoms with Gasteiger partial charge in [-0.2, -0.15) is 0 Å². The van der Waals surface area contributed by atoms with Crippen LogP contribution in [0.5, 0.6) is 0 Å². The van der Waals surface area contributed by atoms with Gasteiger partial charge in [-0.3, -0.25) is 10.1 Å². The van der Waals surface area contributed by atoms with Crippen molar-refractivity contribution in [2.75, 3.05) is 6.26 Å². The van der Waals surface area contributed by atoms with Crippen molar-refractivity contribution in [3.63, 3.8) is 0 Å². The summed E-state index contributed by atoms with van der Waals surface area (Å²) >= 11 is 0. The van der Waals surface area contributed by atoms with Gasteiger partial charge in [0.15, 0.2) is 14.9 Å². The van der Waals surface area contributed by atoms with Crippen molar-refractivity contribution in [1.82, 2.24) is 15.1 Å². The van der Waals surface area contributed by atoms with Gasteiger partial charge in [0.2, 0.25) is 0 Å². The third kappa shape index (κ3) is 3.18. The van der Waals surface area contributed by atoms with Gasteiger partial charge in [0.05, 0.1) is 10.6 Å². The summed E-state index contributed by atoms with van der Waals surface area (Å²) in [6.45, 7) is 3.45. The highest BCUT2D eigenvalue weighted by molar-refractivity contribution is 7.90. The van der Waals surface area contributed by atoms with E-state index in [4.69, 9.17) is 4.52 Å². The molecule has 0 aromatic carbocycles. The number of hydrogen-bond acceptors (Lipinski definition) is 8. The molecule has 0 amide bonds. The van der Waals surface area contributed by atoms with Crippen molar-refractivity contribution in [2.45, 2.75) is 18.9 Å². The normalized spacial score (nSPS) is 11.5. The van der Waals surface area contributed by atoms with Crippen LogP contribution in [0.25, 0.3) is 22.4 Å². The molecule has 0 aliphatic carbocycles. The van der Waals surface area contributed by atoms with Crippen LogP contribution in [0.3, 0.4) is 0 Å². The Balaban J connectivity index is 2.13. The standard InChI is InChI=1S/C16H14N4O5S/c1-9-15(10(2)25-19-9)12-6-13(20(21)22)16(18-8-12)11-4-5-14(17-7-11)26(3,23)24/h4-8H,1-3H3. The second kappa shape index (κ2) is 6.30. The molecule has 10 heteroatoms. The first-order valence-electron chi connectivity index (χ1n) is 7.42. The summed E-state index contributed by atoms with van der Waals surface area (Å²) in [7, 11) is -3.46. The Morgan fingerprint density at radius 1 is 1.12 bits per heavy atom. The van der Waals surface area contributed by atoms with Gasteiger partial charge in [-0.05, 0) is 26.0 Å². The summed E-state index contributed by atoms with van der Waals surface area (Å²) in [6, 6.07) is 4.12. The summed E-state index contributed by atoms with van der Waals surface area (Å²) in [6.07, 6.45) is 3.77. The molecule has 26 heavy (non-hydrogen) atoms. The number of nitrogens with zero attached hydrogens (tertiary/aromatic N) is 4. The topological polar surface area (TPSA) is 129 Å². The molecular weight excluding hydrogens is 360 g/mol. The number of nitro groups is 1. The van der Waals surface area contributed by atoms with Crippen LogP contribution >= 0.6 is 0 Å². The van der Waals surface area contributed by atoms with Crippen molar-refractivity contribution < 1.29 is 17.9 Å². The van der Waals surface area contributed by atoms with Crippen molar-refractivity contribution in [2.24, 2.45) is 0 Å². The van der Waals surface area contributed by atoms with Crippen LogP contribution in [-0.2, 0) is 9.84 Å². The van der Waals surface area contributed by atoms with Crippen LogP contribution in [0, 0.1) is 24.0 Å². The monoisotopic (exact) mass is 374 g/mol. The van der Waals surface area contributed by atoms with Gasteiger partial charge in [-0.1, -0.05) is 5.16 Å². The molecule has 0 saturated carbocycles. The Labute approximate surface area is 148 Å². The fraction of sp³-hybridized carbons (Fsp3) is 0.188. The summed E-state index contributed by atoms with van der Waals surface area (Å²) in [5.74, 6) is 0.533. The molecule has 0 bridgehead atoms. The van der Waals surface area contributed by atoms with Gasteiger partial charge in [0.25, 0.3) is 5.69 Å². The highest BCUT2D eigenvalue weighted by Gasteiger charge is 2.22. The highest BCUT2D eigenvalue weighted by atomic mass is 32.2. The zero-order valence-corrected chi connectivity index (χ0v) is 14.9. The van der Waals surface area contributed by atoms with Gasteiger partial charge in [-0.15, -0.1) is 0 Å². The largest absolute Gasteiger partial charge is 0.361 e. The van der Waals surface area contributed by atoms with E-state index < -0.39 is 14.8 Å². The van der Waals surface area contributed by atoms with Crippen molar-refractivity contribution in [3.05, 3.63) is 52.2 Å². The van der Waals surface area contributed by atoms with Gasteiger partial charge in [0, 0.05) is 41.4 Å². The molecule has 0 unspecified atom stereocenters. The maximum atomic E-state index is 11.5. The van der Waals surface area contributed by atoms with E-state index in [0.717, 1.165) is 6.26 Å². The predicted molar refractivity (Wildman–Crippen MR) is 92.2 cm³/mol. The minimum absolute atomic E-state index is 0.0954. The van der Waals surface area contributed by atoms with E-state index in [-0.39, 0.29) is 16.4 Å². The van der Waals surface area contributed by atoms with Crippen LogP contribution in [0.4, 0.5) is 5.69 Å². The van der Waals surface area contributed by atoms with Crippen LogP contribution in [0.2, 0.25) is 0 Å². The molecule has 0 aliphatic heterocycles.